The molecular weight excluding hydrogens is 346 g/mol. The predicted octanol–water partition coefficient (Wildman–Crippen LogP) is 3.51. The monoisotopic (exact) mass is 365 g/mol. The van der Waals surface area contributed by atoms with Crippen molar-refractivity contribution in [2.24, 2.45) is 0 Å². The number of nitrogens with one attached hydrogen (secondary N) is 1. The molecule has 1 aliphatic heterocycles. The number of Topliss-reactive ketones (excluding diaryl/α,β-unsaturated/α-hetero) is 1. The second-order valence-electron chi connectivity index (χ2n) is 6.50. The third kappa shape index (κ3) is 3.14. The van der Waals surface area contributed by atoms with Gasteiger partial charge in [-0.25, -0.2) is 4.79 Å². The van der Waals surface area contributed by atoms with E-state index in [-0.39, 0.29) is 5.78 Å². The number of H-pyrrole nitrogens is 1. The van der Waals surface area contributed by atoms with E-state index in [4.69, 9.17) is 14.2 Å². The van der Waals surface area contributed by atoms with Crippen LogP contribution in [0.3, 0.4) is 0 Å². The Kier molecular flexibility index (Phi) is 4.32. The van der Waals surface area contributed by atoms with Crippen molar-refractivity contribution in [2.75, 3.05) is 0 Å². The molecule has 2 aromatic carbocycles. The number of ketones is 1. The fourth-order valence-electron chi connectivity index (χ4n) is 3.17. The molecule has 6 heteroatoms. The Bertz CT molecular complexity index is 1010. The summed E-state index contributed by atoms with van der Waals surface area (Å²) in [4.78, 5) is 28.4. The van der Waals surface area contributed by atoms with Crippen LogP contribution in [-0.2, 0) is 9.53 Å². The van der Waals surface area contributed by atoms with Gasteiger partial charge in [0.2, 0.25) is 11.9 Å². The summed E-state index contributed by atoms with van der Waals surface area (Å²) in [5.41, 5.74) is 1.35. The summed E-state index contributed by atoms with van der Waals surface area (Å²) in [7, 11) is 0. The summed E-state index contributed by atoms with van der Waals surface area (Å²) in [6, 6.07) is 14.6. The largest absolute Gasteiger partial charge is 0.482 e. The summed E-state index contributed by atoms with van der Waals surface area (Å²) in [6.07, 6.45) is -0.762. The lowest BCUT2D eigenvalue weighted by atomic mass is 10.1. The van der Waals surface area contributed by atoms with E-state index in [2.05, 4.69) is 4.98 Å². The van der Waals surface area contributed by atoms with Crippen LogP contribution in [0.5, 0.6) is 11.5 Å². The maximum atomic E-state index is 12.7. The molecular formula is C21H19NO5. The van der Waals surface area contributed by atoms with Gasteiger partial charge in [-0.15, -0.1) is 0 Å². The Morgan fingerprint density at radius 2 is 1.70 bits per heavy atom. The van der Waals surface area contributed by atoms with E-state index < -0.39 is 24.3 Å². The van der Waals surface area contributed by atoms with Crippen LogP contribution in [0.1, 0.15) is 24.2 Å². The number of hydrogen-bond acceptors (Lipinski definition) is 5. The van der Waals surface area contributed by atoms with Gasteiger partial charge in [-0.1, -0.05) is 30.3 Å². The number of benzene rings is 2. The van der Waals surface area contributed by atoms with Crippen molar-refractivity contribution in [1.29, 1.82) is 0 Å². The lowest BCUT2D eigenvalue weighted by Gasteiger charge is -2.30. The van der Waals surface area contributed by atoms with Gasteiger partial charge in [-0.05, 0) is 32.0 Å². The first-order valence-electron chi connectivity index (χ1n) is 8.78. The molecule has 0 bridgehead atoms. The molecule has 0 saturated heterocycles. The van der Waals surface area contributed by atoms with E-state index in [0.29, 0.717) is 17.1 Å². The molecule has 0 fully saturated rings. The normalized spacial score (nSPS) is 19.5. The highest BCUT2D eigenvalue weighted by Gasteiger charge is 2.37. The summed E-state index contributed by atoms with van der Waals surface area (Å²) in [5.74, 6) is 0.161. The minimum Gasteiger partial charge on any atom is -0.482 e. The highest BCUT2D eigenvalue weighted by Crippen LogP contribution is 2.34. The van der Waals surface area contributed by atoms with Crippen LogP contribution >= 0.6 is 0 Å². The summed E-state index contributed by atoms with van der Waals surface area (Å²) >= 11 is 0. The number of aromatic nitrogens is 1. The van der Waals surface area contributed by atoms with Crippen LogP contribution in [0.15, 0.2) is 54.7 Å². The molecule has 3 atom stereocenters. The third-order valence-electron chi connectivity index (χ3n) is 4.59. The summed E-state index contributed by atoms with van der Waals surface area (Å²) in [6.45, 7) is 3.29. The first-order chi connectivity index (χ1) is 13.0. The lowest BCUT2D eigenvalue weighted by molar-refractivity contribution is -0.160. The Hall–Kier alpha value is -3.28. The molecule has 0 radical (unpaired) electrons. The average Bonchev–Trinajstić information content (AvgIpc) is 3.10. The minimum atomic E-state index is -0.940. The molecule has 0 aliphatic carbocycles. The van der Waals surface area contributed by atoms with Gasteiger partial charge in [-0.3, -0.25) is 4.79 Å². The van der Waals surface area contributed by atoms with Gasteiger partial charge in [0.05, 0.1) is 0 Å². The van der Waals surface area contributed by atoms with Crippen LogP contribution in [-0.4, -0.2) is 35.0 Å². The van der Waals surface area contributed by atoms with Crippen LogP contribution in [0.25, 0.3) is 10.9 Å². The highest BCUT2D eigenvalue weighted by atomic mass is 16.6. The van der Waals surface area contributed by atoms with Crippen LogP contribution in [0.2, 0.25) is 0 Å². The third-order valence-corrected chi connectivity index (χ3v) is 4.59. The smallest absolute Gasteiger partial charge is 0.352 e. The second kappa shape index (κ2) is 6.79. The number of aromatic amines is 1. The Morgan fingerprint density at radius 3 is 2.48 bits per heavy atom. The zero-order chi connectivity index (χ0) is 19.0. The van der Waals surface area contributed by atoms with E-state index in [1.165, 1.54) is 0 Å². The predicted molar refractivity (Wildman–Crippen MR) is 99.1 cm³/mol. The quantitative estimate of drug-likeness (QED) is 0.565. The van der Waals surface area contributed by atoms with Gasteiger partial charge in [-0.2, -0.15) is 0 Å². The van der Waals surface area contributed by atoms with E-state index in [0.717, 1.165) is 10.9 Å². The molecule has 1 N–H and O–H groups in total. The van der Waals surface area contributed by atoms with Gasteiger partial charge in [0.1, 0.15) is 6.10 Å². The van der Waals surface area contributed by atoms with Crippen molar-refractivity contribution in [1.82, 2.24) is 4.98 Å². The molecule has 138 valence electrons. The van der Waals surface area contributed by atoms with Crippen molar-refractivity contribution in [3.8, 4) is 11.5 Å². The molecule has 0 saturated carbocycles. The molecule has 0 spiro atoms. The number of carbonyl (C=O) groups is 2. The molecule has 1 aliphatic rings. The topological polar surface area (TPSA) is 77.6 Å². The van der Waals surface area contributed by atoms with Crippen LogP contribution in [0, 0.1) is 0 Å². The summed E-state index contributed by atoms with van der Waals surface area (Å²) < 4.78 is 16.9. The average molecular weight is 365 g/mol. The zero-order valence-electron chi connectivity index (χ0n) is 15.0. The number of para-hydroxylation sites is 3. The maximum absolute atomic E-state index is 12.7. The first kappa shape index (κ1) is 17.1. The lowest BCUT2D eigenvalue weighted by Crippen LogP contribution is -2.46. The van der Waals surface area contributed by atoms with Crippen molar-refractivity contribution >= 4 is 22.7 Å². The fraction of sp³-hybridized carbons (Fsp3) is 0.238. The SMILES string of the molecule is C[C@H](OC(=O)[C@H]1Oc2ccccc2O[C@H]1C)C(=O)c1c[nH]c2ccccc12. The summed E-state index contributed by atoms with van der Waals surface area (Å²) in [5, 5.41) is 0.796. The van der Waals surface area contributed by atoms with Gasteiger partial charge in [0.15, 0.2) is 17.6 Å². The zero-order valence-corrected chi connectivity index (χ0v) is 15.0. The Labute approximate surface area is 156 Å². The van der Waals surface area contributed by atoms with Crippen LogP contribution in [0.4, 0.5) is 0 Å². The molecule has 27 heavy (non-hydrogen) atoms. The number of hydrogen-bond donors (Lipinski definition) is 1. The molecule has 3 aromatic rings. The van der Waals surface area contributed by atoms with E-state index in [9.17, 15) is 9.59 Å². The van der Waals surface area contributed by atoms with Gasteiger partial charge in [0.25, 0.3) is 0 Å². The van der Waals surface area contributed by atoms with Crippen molar-refractivity contribution in [3.05, 3.63) is 60.3 Å². The fourth-order valence-corrected chi connectivity index (χ4v) is 3.17. The van der Waals surface area contributed by atoms with Gasteiger partial charge < -0.3 is 19.2 Å². The second-order valence-corrected chi connectivity index (χ2v) is 6.50. The number of rotatable bonds is 4. The molecule has 2 heterocycles. The minimum absolute atomic E-state index is 0.273. The Morgan fingerprint density at radius 1 is 1.04 bits per heavy atom. The van der Waals surface area contributed by atoms with Crippen LogP contribution < -0.4 is 9.47 Å². The van der Waals surface area contributed by atoms with Crippen molar-refractivity contribution < 1.29 is 23.8 Å². The van der Waals surface area contributed by atoms with E-state index in [1.807, 2.05) is 30.3 Å². The molecule has 4 rings (SSSR count). The molecule has 1 aromatic heterocycles. The van der Waals surface area contributed by atoms with E-state index in [1.54, 1.807) is 38.2 Å². The van der Waals surface area contributed by atoms with Crippen molar-refractivity contribution in [2.45, 2.75) is 32.2 Å². The molecule has 6 nitrogen and oxygen atoms in total. The molecule has 0 unspecified atom stereocenters. The number of esters is 1. The highest BCUT2D eigenvalue weighted by molar-refractivity contribution is 6.10. The van der Waals surface area contributed by atoms with E-state index >= 15 is 0 Å². The number of carbonyl (C=O) groups excluding carboxylic acids is 2. The number of ether oxygens (including phenoxy) is 3. The maximum Gasteiger partial charge on any atom is 0.352 e. The van der Waals surface area contributed by atoms with Crippen molar-refractivity contribution in [3.63, 3.8) is 0 Å². The number of fused-ring (bicyclic) bond motifs is 2. The van der Waals surface area contributed by atoms with Gasteiger partial charge >= 0.3 is 5.97 Å². The molecule has 0 amide bonds. The standard InChI is InChI=1S/C21H19NO5/c1-12(19(23)15-11-22-16-8-4-3-7-14(15)16)26-21(24)20-13(2)25-17-9-5-6-10-18(17)27-20/h3-13,20,22H,1-2H3/t12-,13-,20-/m0/s1. The first-order valence-corrected chi connectivity index (χ1v) is 8.78. The Balaban J connectivity index is 1.48. The van der Waals surface area contributed by atoms with Gasteiger partial charge in [0, 0.05) is 22.7 Å².